The van der Waals surface area contributed by atoms with Gasteiger partial charge < -0.3 is 39.4 Å². The number of unbranched alkanes of at least 4 members (excludes halogenated alkanes) is 16. The summed E-state index contributed by atoms with van der Waals surface area (Å²) in [7, 11) is 0. The van der Waals surface area contributed by atoms with Crippen LogP contribution in [0.15, 0.2) is 97.2 Å². The first-order valence-electron chi connectivity index (χ1n) is 26.3. The normalized spacial score (nSPS) is 19.9. The molecule has 1 fully saturated rings. The number of allylic oxidation sites excluding steroid dienone is 16. The molecule has 0 aromatic rings. The van der Waals surface area contributed by atoms with E-state index >= 15 is 0 Å². The van der Waals surface area contributed by atoms with Crippen molar-refractivity contribution in [2.75, 3.05) is 19.8 Å². The molecule has 0 saturated carbocycles. The van der Waals surface area contributed by atoms with Gasteiger partial charge in [-0.2, -0.15) is 0 Å². The molecule has 0 bridgehead atoms. The van der Waals surface area contributed by atoms with Gasteiger partial charge in [-0.15, -0.1) is 0 Å². The van der Waals surface area contributed by atoms with Crippen molar-refractivity contribution in [3.63, 3.8) is 0 Å². The van der Waals surface area contributed by atoms with Crippen LogP contribution in [0.5, 0.6) is 0 Å². The molecule has 0 aromatic heterocycles. The van der Waals surface area contributed by atoms with Crippen LogP contribution < -0.4 is 0 Å². The maximum Gasteiger partial charge on any atom is 0.306 e. The minimum Gasteiger partial charge on any atom is -0.462 e. The first kappa shape index (κ1) is 61.6. The monoisotopic (exact) mass is 939 g/mol. The van der Waals surface area contributed by atoms with Gasteiger partial charge in [-0.3, -0.25) is 9.59 Å². The van der Waals surface area contributed by atoms with Gasteiger partial charge in [0, 0.05) is 12.8 Å². The summed E-state index contributed by atoms with van der Waals surface area (Å²) >= 11 is 0. The second-order valence-corrected chi connectivity index (χ2v) is 17.6. The van der Waals surface area contributed by atoms with Gasteiger partial charge in [0.05, 0.1) is 13.2 Å². The minimum atomic E-state index is -1.61. The number of esters is 2. The molecule has 1 aliphatic rings. The average Bonchev–Trinajstić information content (AvgIpc) is 3.33. The van der Waals surface area contributed by atoms with E-state index in [1.807, 2.05) is 12.2 Å². The van der Waals surface area contributed by atoms with E-state index in [1.54, 1.807) is 0 Å². The Balaban J connectivity index is 2.30. The second kappa shape index (κ2) is 46.4. The number of hydrogen-bond donors (Lipinski definition) is 4. The Morgan fingerprint density at radius 3 is 1.39 bits per heavy atom. The van der Waals surface area contributed by atoms with E-state index in [4.69, 9.17) is 18.9 Å². The molecule has 0 aliphatic carbocycles. The number of carbonyl (C=O) groups excluding carboxylic acids is 2. The summed E-state index contributed by atoms with van der Waals surface area (Å²) < 4.78 is 22.2. The molecule has 6 unspecified atom stereocenters. The molecule has 0 radical (unpaired) electrons. The molecule has 67 heavy (non-hydrogen) atoms. The molecular weight excluding hydrogens is 845 g/mol. The molecule has 10 nitrogen and oxygen atoms in total. The topological polar surface area (TPSA) is 152 Å². The number of aliphatic hydroxyl groups excluding tert-OH is 4. The van der Waals surface area contributed by atoms with Gasteiger partial charge in [-0.1, -0.05) is 195 Å². The van der Waals surface area contributed by atoms with Crippen molar-refractivity contribution in [3.8, 4) is 0 Å². The molecule has 0 aromatic carbocycles. The highest BCUT2D eigenvalue weighted by Gasteiger charge is 2.44. The first-order valence-corrected chi connectivity index (χ1v) is 26.3. The molecule has 1 aliphatic heterocycles. The van der Waals surface area contributed by atoms with Gasteiger partial charge in [0.2, 0.25) is 0 Å². The largest absolute Gasteiger partial charge is 0.462 e. The highest BCUT2D eigenvalue weighted by atomic mass is 16.7. The van der Waals surface area contributed by atoms with E-state index in [9.17, 15) is 30.0 Å². The fourth-order valence-electron chi connectivity index (χ4n) is 7.36. The first-order chi connectivity index (χ1) is 32.8. The Morgan fingerprint density at radius 1 is 0.478 bits per heavy atom. The predicted molar refractivity (Wildman–Crippen MR) is 274 cm³/mol. The number of aliphatic hydroxyl groups is 4. The van der Waals surface area contributed by atoms with Crippen LogP contribution in [0.4, 0.5) is 0 Å². The summed E-state index contributed by atoms with van der Waals surface area (Å²) in [4.78, 5) is 25.4. The van der Waals surface area contributed by atoms with E-state index in [0.29, 0.717) is 12.8 Å². The highest BCUT2D eigenvalue weighted by molar-refractivity contribution is 5.70. The van der Waals surface area contributed by atoms with E-state index in [1.165, 1.54) is 89.9 Å². The molecule has 10 heteroatoms. The van der Waals surface area contributed by atoms with Gasteiger partial charge in [-0.25, -0.2) is 0 Å². The summed E-state index contributed by atoms with van der Waals surface area (Å²) in [6.07, 6.45) is 55.7. The maximum atomic E-state index is 12.8. The zero-order valence-electron chi connectivity index (χ0n) is 41.9. The Morgan fingerprint density at radius 2 is 0.910 bits per heavy atom. The van der Waals surface area contributed by atoms with Crippen molar-refractivity contribution in [2.45, 2.75) is 230 Å². The summed E-state index contributed by atoms with van der Waals surface area (Å²) in [5, 5.41) is 40.2. The minimum absolute atomic E-state index is 0.0995. The number of rotatable bonds is 43. The van der Waals surface area contributed by atoms with Crippen molar-refractivity contribution < 1.29 is 49.0 Å². The molecule has 0 amide bonds. The lowest BCUT2D eigenvalue weighted by Crippen LogP contribution is -2.59. The van der Waals surface area contributed by atoms with Crippen molar-refractivity contribution >= 4 is 11.9 Å². The van der Waals surface area contributed by atoms with Crippen LogP contribution >= 0.6 is 0 Å². The Hall–Kier alpha value is -3.38. The quantitative estimate of drug-likeness (QED) is 0.0264. The zero-order valence-corrected chi connectivity index (χ0v) is 41.9. The smallest absolute Gasteiger partial charge is 0.306 e. The summed E-state index contributed by atoms with van der Waals surface area (Å²) in [5.41, 5.74) is 0. The molecule has 6 atom stereocenters. The van der Waals surface area contributed by atoms with Crippen LogP contribution in [-0.4, -0.2) is 89.0 Å². The van der Waals surface area contributed by atoms with Gasteiger partial charge in [0.15, 0.2) is 12.4 Å². The lowest BCUT2D eigenvalue weighted by atomic mass is 9.99. The third kappa shape index (κ3) is 37.2. The van der Waals surface area contributed by atoms with Crippen LogP contribution in [0, 0.1) is 0 Å². The summed E-state index contributed by atoms with van der Waals surface area (Å²) in [5.74, 6) is -0.911. The van der Waals surface area contributed by atoms with E-state index in [-0.39, 0.29) is 26.1 Å². The Bertz CT molecular complexity index is 1410. The third-order valence-corrected chi connectivity index (χ3v) is 11.5. The predicted octanol–water partition coefficient (Wildman–Crippen LogP) is 12.7. The lowest BCUT2D eigenvalue weighted by molar-refractivity contribution is -0.305. The van der Waals surface area contributed by atoms with Crippen molar-refractivity contribution in [1.29, 1.82) is 0 Å². The highest BCUT2D eigenvalue weighted by Crippen LogP contribution is 2.22. The van der Waals surface area contributed by atoms with E-state index in [0.717, 1.165) is 64.2 Å². The zero-order chi connectivity index (χ0) is 48.7. The summed E-state index contributed by atoms with van der Waals surface area (Å²) in [6, 6.07) is 0. The van der Waals surface area contributed by atoms with Crippen molar-refractivity contribution in [2.24, 2.45) is 0 Å². The van der Waals surface area contributed by atoms with Crippen LogP contribution in [-0.2, 0) is 28.5 Å². The van der Waals surface area contributed by atoms with Crippen LogP contribution in [0.25, 0.3) is 0 Å². The summed E-state index contributed by atoms with van der Waals surface area (Å²) in [6.45, 7) is 3.23. The van der Waals surface area contributed by atoms with Crippen LogP contribution in [0.3, 0.4) is 0 Å². The molecule has 0 spiro atoms. The third-order valence-electron chi connectivity index (χ3n) is 11.5. The van der Waals surface area contributed by atoms with Crippen molar-refractivity contribution in [1.82, 2.24) is 0 Å². The fraction of sp³-hybridized carbons (Fsp3) is 0.684. The maximum absolute atomic E-state index is 12.8. The Kier molecular flexibility index (Phi) is 42.6. The van der Waals surface area contributed by atoms with E-state index in [2.05, 4.69) is 98.9 Å². The molecule has 382 valence electrons. The second-order valence-electron chi connectivity index (χ2n) is 17.6. The molecule has 1 rings (SSSR count). The SMILES string of the molecule is CC/C=C\C/C=C\C/C=C\C/C=C\C/C=C\C/C=C\CCC(=O)OC(COC(=O)CCCCCCCCCCCCC/C=C\C/C=C\CCCCCCC)COC1OC(CO)C(O)C(O)C1O. The van der Waals surface area contributed by atoms with Crippen LogP contribution in [0.1, 0.15) is 194 Å². The number of carbonyl (C=O) groups is 2. The molecule has 1 heterocycles. The molecule has 4 N–H and O–H groups in total. The fourth-order valence-corrected chi connectivity index (χ4v) is 7.36. The Labute approximate surface area is 407 Å². The molecule has 1 saturated heterocycles. The molecular formula is C57H94O10. The van der Waals surface area contributed by atoms with E-state index < -0.39 is 55.4 Å². The van der Waals surface area contributed by atoms with Gasteiger partial charge in [0.1, 0.15) is 31.0 Å². The number of hydrogen-bond acceptors (Lipinski definition) is 10. The van der Waals surface area contributed by atoms with Gasteiger partial charge >= 0.3 is 11.9 Å². The van der Waals surface area contributed by atoms with Gasteiger partial charge in [0.25, 0.3) is 0 Å². The standard InChI is InChI=1S/C57H94O10/c1-3-5-7-9-11-13-15-17-19-21-23-24-25-26-28-29-31-33-35-37-39-41-43-45-52(59)64-48-50(49-65-57-56(63)55(62)54(61)51(47-58)67-57)66-53(60)46-44-42-40-38-36-34-32-30-27-22-20-18-16-14-12-10-8-6-4-2/h6,8,12,14-15,17-18,20-21,23,27,30,34,36,40,42,50-51,54-58,61-63H,3-5,7,9-11,13,16,19,22,24-26,28-29,31-33,35,37-39,41,43-49H2,1-2H3/b8-6-,14-12-,17-15-,20-18-,23-21-,30-27-,36-34-,42-40-. The van der Waals surface area contributed by atoms with Crippen molar-refractivity contribution in [3.05, 3.63) is 97.2 Å². The van der Waals surface area contributed by atoms with Gasteiger partial charge in [-0.05, 0) is 83.5 Å². The number of ether oxygens (including phenoxy) is 4. The van der Waals surface area contributed by atoms with Crippen LogP contribution in [0.2, 0.25) is 0 Å². The lowest BCUT2D eigenvalue weighted by Gasteiger charge is -2.39. The average molecular weight is 939 g/mol.